The summed E-state index contributed by atoms with van der Waals surface area (Å²) in [7, 11) is 0. The number of amides is 1. The summed E-state index contributed by atoms with van der Waals surface area (Å²) < 4.78 is 0. The number of aromatic amines is 1. The molecular weight excluding hydrogens is 340 g/mol. The molecule has 0 bridgehead atoms. The number of benzene rings is 2. The number of nitrogens with two attached hydrogens (primary N) is 1. The van der Waals surface area contributed by atoms with Crippen LogP contribution in [0.2, 0.25) is 0 Å². The predicted octanol–water partition coefficient (Wildman–Crippen LogP) is 2.61. The number of nitrogens with zero attached hydrogens (tertiary/aromatic N) is 2. The van der Waals surface area contributed by atoms with E-state index in [0.29, 0.717) is 23.3 Å². The summed E-state index contributed by atoms with van der Waals surface area (Å²) in [5, 5.41) is 0.537. The fourth-order valence-corrected chi connectivity index (χ4v) is 3.14. The highest BCUT2D eigenvalue weighted by Gasteiger charge is 2.26. The Balaban J connectivity index is 1.80. The van der Waals surface area contributed by atoms with E-state index in [1.165, 1.54) is 0 Å². The minimum atomic E-state index is -0.392. The fraction of sp³-hybridized carbons (Fsp3) is 0.286. The van der Waals surface area contributed by atoms with Crippen molar-refractivity contribution >= 4 is 16.8 Å². The molecule has 2 atom stereocenters. The van der Waals surface area contributed by atoms with Gasteiger partial charge in [-0.25, -0.2) is 4.98 Å². The highest BCUT2D eigenvalue weighted by atomic mass is 16.2. The van der Waals surface area contributed by atoms with Crippen molar-refractivity contribution in [3.63, 3.8) is 0 Å². The maximum Gasteiger partial charge on any atom is 0.258 e. The van der Waals surface area contributed by atoms with Crippen LogP contribution in [0.3, 0.4) is 0 Å². The number of hydrogen-bond acceptors (Lipinski definition) is 4. The minimum Gasteiger partial charge on any atom is -0.335 e. The van der Waals surface area contributed by atoms with Gasteiger partial charge in [0.1, 0.15) is 5.82 Å². The number of hydrogen-bond donors (Lipinski definition) is 2. The quantitative estimate of drug-likeness (QED) is 0.703. The van der Waals surface area contributed by atoms with Crippen LogP contribution < -0.4 is 11.3 Å². The fourth-order valence-electron chi connectivity index (χ4n) is 3.14. The zero-order chi connectivity index (χ0) is 19.4. The molecule has 0 saturated carbocycles. The number of para-hydroxylation sites is 1. The van der Waals surface area contributed by atoms with Crippen molar-refractivity contribution < 1.29 is 4.79 Å². The highest BCUT2D eigenvalue weighted by Crippen LogP contribution is 2.21. The Hall–Kier alpha value is -2.99. The van der Waals surface area contributed by atoms with Gasteiger partial charge in [-0.1, -0.05) is 49.4 Å². The predicted molar refractivity (Wildman–Crippen MR) is 106 cm³/mol. The van der Waals surface area contributed by atoms with Gasteiger partial charge in [-0.15, -0.1) is 0 Å². The Morgan fingerprint density at radius 3 is 2.52 bits per heavy atom. The standard InChI is InChI=1S/C21H24N4O2/c1-3-25(21(27)14(2)19(22)15-9-5-4-6-10-15)13-18-23-17-12-8-7-11-16(17)20(26)24-18/h4-12,14,19H,3,13,22H2,1-2H3,(H,23,24,26). The van der Waals surface area contributed by atoms with E-state index >= 15 is 0 Å². The van der Waals surface area contributed by atoms with Crippen LogP contribution >= 0.6 is 0 Å². The maximum absolute atomic E-state index is 13.0. The monoisotopic (exact) mass is 364 g/mol. The molecule has 2 aromatic carbocycles. The molecule has 27 heavy (non-hydrogen) atoms. The molecule has 0 radical (unpaired) electrons. The second-order valence-electron chi connectivity index (χ2n) is 6.61. The van der Waals surface area contributed by atoms with Gasteiger partial charge < -0.3 is 15.6 Å². The van der Waals surface area contributed by atoms with Gasteiger partial charge in [0.25, 0.3) is 5.56 Å². The van der Waals surface area contributed by atoms with Crippen molar-refractivity contribution in [1.29, 1.82) is 0 Å². The summed E-state index contributed by atoms with van der Waals surface area (Å²) in [6.45, 7) is 4.47. The minimum absolute atomic E-state index is 0.0651. The summed E-state index contributed by atoms with van der Waals surface area (Å²) in [5.74, 6) is 0.0126. The molecule has 6 nitrogen and oxygen atoms in total. The van der Waals surface area contributed by atoms with Crippen molar-refractivity contribution in [3.05, 3.63) is 76.3 Å². The van der Waals surface area contributed by atoms with Crippen LogP contribution in [0.25, 0.3) is 10.9 Å². The number of nitrogens with one attached hydrogen (secondary N) is 1. The van der Waals surface area contributed by atoms with Crippen LogP contribution in [0.4, 0.5) is 0 Å². The Bertz CT molecular complexity index is 984. The van der Waals surface area contributed by atoms with Crippen molar-refractivity contribution in [3.8, 4) is 0 Å². The van der Waals surface area contributed by atoms with Crippen LogP contribution in [0.1, 0.15) is 31.3 Å². The molecule has 1 heterocycles. The molecule has 0 saturated heterocycles. The van der Waals surface area contributed by atoms with Crippen molar-refractivity contribution in [2.24, 2.45) is 11.7 Å². The maximum atomic E-state index is 13.0. The lowest BCUT2D eigenvalue weighted by molar-refractivity contribution is -0.136. The molecule has 1 aromatic heterocycles. The molecule has 0 aliphatic carbocycles. The summed E-state index contributed by atoms with van der Waals surface area (Å²) in [5.41, 5.74) is 7.64. The zero-order valence-corrected chi connectivity index (χ0v) is 15.6. The Labute approximate surface area is 158 Å². The summed E-state index contributed by atoms with van der Waals surface area (Å²) in [4.78, 5) is 34.1. The second kappa shape index (κ2) is 8.14. The van der Waals surface area contributed by atoms with E-state index in [1.807, 2.05) is 50.2 Å². The van der Waals surface area contributed by atoms with Crippen molar-refractivity contribution in [1.82, 2.24) is 14.9 Å². The molecule has 3 rings (SSSR count). The molecule has 2 unspecified atom stereocenters. The van der Waals surface area contributed by atoms with Crippen LogP contribution in [0.15, 0.2) is 59.4 Å². The summed E-state index contributed by atoms with van der Waals surface area (Å²) in [6.07, 6.45) is 0. The first kappa shape index (κ1) is 18.8. The first-order valence-electron chi connectivity index (χ1n) is 9.08. The normalized spacial score (nSPS) is 13.3. The lowest BCUT2D eigenvalue weighted by Gasteiger charge is -2.27. The second-order valence-corrected chi connectivity index (χ2v) is 6.61. The van der Waals surface area contributed by atoms with Gasteiger partial charge in [0.05, 0.1) is 23.4 Å². The smallest absolute Gasteiger partial charge is 0.258 e. The highest BCUT2D eigenvalue weighted by molar-refractivity contribution is 5.80. The van der Waals surface area contributed by atoms with E-state index in [4.69, 9.17) is 5.73 Å². The molecule has 6 heteroatoms. The number of rotatable bonds is 6. The molecule has 3 N–H and O–H groups in total. The largest absolute Gasteiger partial charge is 0.335 e. The molecule has 0 fully saturated rings. The molecule has 0 aliphatic rings. The van der Waals surface area contributed by atoms with Crippen molar-refractivity contribution in [2.45, 2.75) is 26.4 Å². The first-order chi connectivity index (χ1) is 13.0. The summed E-state index contributed by atoms with van der Waals surface area (Å²) in [6, 6.07) is 16.4. The Morgan fingerprint density at radius 1 is 1.15 bits per heavy atom. The number of aromatic nitrogens is 2. The van der Waals surface area contributed by atoms with Gasteiger partial charge >= 0.3 is 0 Å². The van der Waals surface area contributed by atoms with E-state index in [-0.39, 0.29) is 23.9 Å². The third-order valence-corrected chi connectivity index (χ3v) is 4.81. The third-order valence-electron chi connectivity index (χ3n) is 4.81. The average Bonchev–Trinajstić information content (AvgIpc) is 2.71. The Kier molecular flexibility index (Phi) is 5.66. The number of H-pyrrole nitrogens is 1. The number of carbonyl (C=O) groups excluding carboxylic acids is 1. The number of carbonyl (C=O) groups is 1. The van der Waals surface area contributed by atoms with Gasteiger partial charge in [-0.3, -0.25) is 9.59 Å². The van der Waals surface area contributed by atoms with E-state index in [9.17, 15) is 9.59 Å². The van der Waals surface area contributed by atoms with Crippen LogP contribution in [-0.4, -0.2) is 27.3 Å². The Morgan fingerprint density at radius 2 is 1.81 bits per heavy atom. The first-order valence-corrected chi connectivity index (χ1v) is 9.08. The lowest BCUT2D eigenvalue weighted by Crippen LogP contribution is -2.39. The molecule has 140 valence electrons. The number of fused-ring (bicyclic) bond motifs is 1. The molecule has 0 spiro atoms. The molecule has 1 amide bonds. The van der Waals surface area contributed by atoms with Crippen LogP contribution in [-0.2, 0) is 11.3 Å². The SMILES string of the molecule is CCN(Cc1nc2ccccc2c(=O)[nH]1)C(=O)C(C)C(N)c1ccccc1. The van der Waals surface area contributed by atoms with Gasteiger partial charge in [-0.05, 0) is 24.6 Å². The van der Waals surface area contributed by atoms with Gasteiger partial charge in [0.15, 0.2) is 0 Å². The molecular formula is C21H24N4O2. The summed E-state index contributed by atoms with van der Waals surface area (Å²) >= 11 is 0. The third kappa shape index (κ3) is 4.06. The molecule has 0 aliphatic heterocycles. The topological polar surface area (TPSA) is 92.1 Å². The van der Waals surface area contributed by atoms with Crippen LogP contribution in [0.5, 0.6) is 0 Å². The zero-order valence-electron chi connectivity index (χ0n) is 15.6. The van der Waals surface area contributed by atoms with Crippen molar-refractivity contribution in [2.75, 3.05) is 6.54 Å². The van der Waals surface area contributed by atoms with Gasteiger partial charge in [-0.2, -0.15) is 0 Å². The van der Waals surface area contributed by atoms with Gasteiger partial charge in [0, 0.05) is 12.6 Å². The molecule has 3 aromatic rings. The van der Waals surface area contributed by atoms with E-state index in [0.717, 1.165) is 5.56 Å². The average molecular weight is 364 g/mol. The van der Waals surface area contributed by atoms with E-state index in [2.05, 4.69) is 9.97 Å². The van der Waals surface area contributed by atoms with Crippen LogP contribution in [0, 0.1) is 5.92 Å². The van der Waals surface area contributed by atoms with Gasteiger partial charge in [0.2, 0.25) is 5.91 Å². The van der Waals surface area contributed by atoms with E-state index in [1.54, 1.807) is 23.1 Å². The van der Waals surface area contributed by atoms with E-state index < -0.39 is 6.04 Å². The lowest BCUT2D eigenvalue weighted by atomic mass is 9.94.